The second-order valence-electron chi connectivity index (χ2n) is 4.31. The first kappa shape index (κ1) is 14.6. The Morgan fingerprint density at radius 1 is 1.22 bits per heavy atom. The highest BCUT2D eigenvalue weighted by Crippen LogP contribution is 2.22. The summed E-state index contributed by atoms with van der Waals surface area (Å²) in [4.78, 5) is 12.0. The van der Waals surface area contributed by atoms with E-state index in [2.05, 4.69) is 5.32 Å². The van der Waals surface area contributed by atoms with Gasteiger partial charge in [-0.1, -0.05) is 13.8 Å². The van der Waals surface area contributed by atoms with Gasteiger partial charge in [0.2, 0.25) is 0 Å². The van der Waals surface area contributed by atoms with Crippen LogP contribution in [0.1, 0.15) is 37.0 Å². The second kappa shape index (κ2) is 5.96. The van der Waals surface area contributed by atoms with Crippen molar-refractivity contribution in [3.8, 4) is 11.5 Å². The van der Waals surface area contributed by atoms with E-state index in [-0.39, 0.29) is 23.0 Å². The van der Waals surface area contributed by atoms with Crippen LogP contribution in [0, 0.1) is 0 Å². The van der Waals surface area contributed by atoms with Crippen LogP contribution >= 0.6 is 11.6 Å². The number of alkyl halides is 1. The molecule has 0 spiro atoms. The number of carbonyl (C=O) groups excluding carboxylic acids is 1. The smallest absolute Gasteiger partial charge is 0.252 e. The van der Waals surface area contributed by atoms with Crippen molar-refractivity contribution in [3.63, 3.8) is 0 Å². The predicted molar refractivity (Wildman–Crippen MR) is 71.3 cm³/mol. The maximum atomic E-state index is 12.0. The Hall–Kier alpha value is -1.42. The topological polar surface area (TPSA) is 69.6 Å². The van der Waals surface area contributed by atoms with Gasteiger partial charge in [0.1, 0.15) is 11.5 Å². The summed E-state index contributed by atoms with van der Waals surface area (Å²) >= 11 is 5.91. The molecule has 0 heterocycles. The van der Waals surface area contributed by atoms with Crippen molar-refractivity contribution in [2.24, 2.45) is 0 Å². The van der Waals surface area contributed by atoms with Crippen molar-refractivity contribution in [1.82, 2.24) is 5.32 Å². The lowest BCUT2D eigenvalue weighted by Gasteiger charge is -2.30. The molecule has 18 heavy (non-hydrogen) atoms. The quantitative estimate of drug-likeness (QED) is 0.721. The summed E-state index contributed by atoms with van der Waals surface area (Å²) < 4.78 is 0. The fourth-order valence-corrected chi connectivity index (χ4v) is 2.13. The fraction of sp³-hybridized carbons (Fsp3) is 0.462. The van der Waals surface area contributed by atoms with Crippen LogP contribution in [-0.2, 0) is 0 Å². The van der Waals surface area contributed by atoms with Gasteiger partial charge in [-0.2, -0.15) is 0 Å². The molecule has 0 aliphatic rings. The van der Waals surface area contributed by atoms with E-state index in [9.17, 15) is 15.0 Å². The lowest BCUT2D eigenvalue weighted by Crippen LogP contribution is -2.49. The SMILES string of the molecule is CCC(CC)(CCl)NC(=O)c1cc(O)cc(O)c1. The highest BCUT2D eigenvalue weighted by molar-refractivity contribution is 6.19. The molecule has 3 N–H and O–H groups in total. The number of hydrogen-bond donors (Lipinski definition) is 3. The van der Waals surface area contributed by atoms with E-state index < -0.39 is 5.54 Å². The van der Waals surface area contributed by atoms with Gasteiger partial charge in [-0.25, -0.2) is 0 Å². The van der Waals surface area contributed by atoms with Crippen LogP contribution in [0.3, 0.4) is 0 Å². The number of benzene rings is 1. The molecule has 0 saturated heterocycles. The van der Waals surface area contributed by atoms with Crippen molar-refractivity contribution in [3.05, 3.63) is 23.8 Å². The molecule has 0 fully saturated rings. The summed E-state index contributed by atoms with van der Waals surface area (Å²) in [7, 11) is 0. The molecule has 5 heteroatoms. The molecular weight excluding hydrogens is 254 g/mol. The fourth-order valence-electron chi connectivity index (χ4n) is 1.69. The minimum absolute atomic E-state index is 0.148. The molecule has 0 unspecified atom stereocenters. The number of phenols is 2. The first-order chi connectivity index (χ1) is 8.46. The minimum atomic E-state index is -0.459. The Morgan fingerprint density at radius 2 is 1.72 bits per heavy atom. The first-order valence-electron chi connectivity index (χ1n) is 5.88. The molecule has 1 rings (SSSR count). The van der Waals surface area contributed by atoms with Crippen molar-refractivity contribution < 1.29 is 15.0 Å². The van der Waals surface area contributed by atoms with Crippen LogP contribution < -0.4 is 5.32 Å². The first-order valence-corrected chi connectivity index (χ1v) is 6.41. The van der Waals surface area contributed by atoms with Gasteiger partial charge in [-0.15, -0.1) is 11.6 Å². The van der Waals surface area contributed by atoms with E-state index in [1.165, 1.54) is 18.2 Å². The van der Waals surface area contributed by atoms with E-state index in [1.54, 1.807) is 0 Å². The summed E-state index contributed by atoms with van der Waals surface area (Å²) in [5, 5.41) is 21.6. The maximum Gasteiger partial charge on any atom is 0.252 e. The van der Waals surface area contributed by atoms with E-state index in [0.29, 0.717) is 18.7 Å². The third kappa shape index (κ3) is 3.29. The molecular formula is C13H18ClNO3. The predicted octanol–water partition coefficient (Wildman–Crippen LogP) is 2.63. The van der Waals surface area contributed by atoms with Gasteiger partial charge >= 0.3 is 0 Å². The molecule has 0 aliphatic heterocycles. The molecule has 4 nitrogen and oxygen atoms in total. The molecule has 100 valence electrons. The number of nitrogens with one attached hydrogen (secondary N) is 1. The van der Waals surface area contributed by atoms with Crippen LogP contribution in [0.2, 0.25) is 0 Å². The molecule has 0 aliphatic carbocycles. The van der Waals surface area contributed by atoms with Crippen molar-refractivity contribution in [1.29, 1.82) is 0 Å². The van der Waals surface area contributed by atoms with Crippen LogP contribution in [-0.4, -0.2) is 27.5 Å². The molecule has 0 aromatic heterocycles. The van der Waals surface area contributed by atoms with Crippen LogP contribution in [0.15, 0.2) is 18.2 Å². The van der Waals surface area contributed by atoms with Crippen molar-refractivity contribution >= 4 is 17.5 Å². The maximum absolute atomic E-state index is 12.0. The normalized spacial score (nSPS) is 11.3. The Morgan fingerprint density at radius 3 is 2.11 bits per heavy atom. The Balaban J connectivity index is 2.94. The number of amides is 1. The van der Waals surface area contributed by atoms with Crippen molar-refractivity contribution in [2.45, 2.75) is 32.2 Å². The number of hydrogen-bond acceptors (Lipinski definition) is 3. The monoisotopic (exact) mass is 271 g/mol. The molecule has 0 bridgehead atoms. The third-order valence-electron chi connectivity index (χ3n) is 3.15. The Bertz CT molecular complexity index is 402. The van der Waals surface area contributed by atoms with Gasteiger partial charge < -0.3 is 15.5 Å². The molecule has 1 amide bonds. The Kier molecular flexibility index (Phi) is 4.84. The summed E-state index contributed by atoms with van der Waals surface area (Å²) in [5.74, 6) is -0.337. The highest BCUT2D eigenvalue weighted by Gasteiger charge is 2.27. The van der Waals surface area contributed by atoms with Crippen molar-refractivity contribution in [2.75, 3.05) is 5.88 Å². The van der Waals surface area contributed by atoms with Gasteiger partial charge in [0.05, 0.1) is 5.54 Å². The summed E-state index contributed by atoms with van der Waals surface area (Å²) in [5.41, 5.74) is -0.247. The van der Waals surface area contributed by atoms with E-state index >= 15 is 0 Å². The van der Waals surface area contributed by atoms with Crippen LogP contribution in [0.5, 0.6) is 11.5 Å². The van der Waals surface area contributed by atoms with E-state index in [0.717, 1.165) is 0 Å². The highest BCUT2D eigenvalue weighted by atomic mass is 35.5. The van der Waals surface area contributed by atoms with E-state index in [1.807, 2.05) is 13.8 Å². The number of rotatable bonds is 5. The van der Waals surface area contributed by atoms with Crippen LogP contribution in [0.4, 0.5) is 0 Å². The minimum Gasteiger partial charge on any atom is -0.508 e. The summed E-state index contributed by atoms with van der Waals surface area (Å²) in [6.45, 7) is 3.90. The average molecular weight is 272 g/mol. The second-order valence-corrected chi connectivity index (χ2v) is 4.58. The van der Waals surface area contributed by atoms with Crippen LogP contribution in [0.25, 0.3) is 0 Å². The van der Waals surface area contributed by atoms with Gasteiger partial charge in [0.25, 0.3) is 5.91 Å². The molecule has 1 aromatic rings. The summed E-state index contributed by atoms with van der Waals surface area (Å²) in [6.07, 6.45) is 1.42. The zero-order valence-electron chi connectivity index (χ0n) is 10.5. The summed E-state index contributed by atoms with van der Waals surface area (Å²) in [6, 6.07) is 3.78. The van der Waals surface area contributed by atoms with Gasteiger partial charge in [-0.05, 0) is 25.0 Å². The number of aromatic hydroxyl groups is 2. The zero-order valence-corrected chi connectivity index (χ0v) is 11.3. The van der Waals surface area contributed by atoms with E-state index in [4.69, 9.17) is 11.6 Å². The number of halogens is 1. The largest absolute Gasteiger partial charge is 0.508 e. The van der Waals surface area contributed by atoms with Gasteiger partial charge in [0, 0.05) is 17.5 Å². The average Bonchev–Trinajstić information content (AvgIpc) is 2.35. The number of carbonyl (C=O) groups is 1. The third-order valence-corrected chi connectivity index (χ3v) is 3.66. The standard InChI is InChI=1S/C13H18ClNO3/c1-3-13(4-2,8-14)15-12(18)9-5-10(16)7-11(17)6-9/h5-7,16-17H,3-4,8H2,1-2H3,(H,15,18). The van der Waals surface area contributed by atoms with Gasteiger partial charge in [0.15, 0.2) is 0 Å². The zero-order chi connectivity index (χ0) is 13.8. The lowest BCUT2D eigenvalue weighted by molar-refractivity contribution is 0.0901. The molecule has 0 radical (unpaired) electrons. The van der Waals surface area contributed by atoms with Gasteiger partial charge in [-0.3, -0.25) is 4.79 Å². The molecule has 0 atom stereocenters. The molecule has 1 aromatic carbocycles. The lowest BCUT2D eigenvalue weighted by atomic mass is 9.94. The molecule has 0 saturated carbocycles. The Labute approximate surface area is 112 Å². The number of phenolic OH excluding ortho intramolecular Hbond substituents is 2.